The van der Waals surface area contributed by atoms with Crippen LogP contribution in [0.15, 0.2) is 24.3 Å². The third-order valence-electron chi connectivity index (χ3n) is 5.54. The summed E-state index contributed by atoms with van der Waals surface area (Å²) in [6.45, 7) is 4.24. The molecule has 2 N–H and O–H groups in total. The van der Waals surface area contributed by atoms with Crippen molar-refractivity contribution in [1.82, 2.24) is 0 Å². The number of piperidine rings is 1. The van der Waals surface area contributed by atoms with Crippen LogP contribution in [0.4, 0.5) is 10.1 Å². The van der Waals surface area contributed by atoms with E-state index in [-0.39, 0.29) is 17.8 Å². The topological polar surface area (TPSA) is 33.5 Å². The number of quaternary nitrogens is 1. The number of hydrogen-bond acceptors (Lipinski definition) is 1. The van der Waals surface area contributed by atoms with Crippen LogP contribution in [0.25, 0.3) is 0 Å². The third-order valence-corrected chi connectivity index (χ3v) is 5.54. The highest BCUT2D eigenvalue weighted by molar-refractivity contribution is 5.93. The van der Waals surface area contributed by atoms with Crippen molar-refractivity contribution >= 4 is 11.6 Å². The van der Waals surface area contributed by atoms with Gasteiger partial charge in [-0.05, 0) is 56.4 Å². The Morgan fingerprint density at radius 1 is 1.18 bits per heavy atom. The van der Waals surface area contributed by atoms with Crippen LogP contribution in [0.2, 0.25) is 0 Å². The average molecular weight is 305 g/mol. The van der Waals surface area contributed by atoms with Crippen molar-refractivity contribution in [3.05, 3.63) is 30.1 Å². The number of anilines is 1. The van der Waals surface area contributed by atoms with Crippen LogP contribution in [0.1, 0.15) is 39.0 Å². The number of hydrogen-bond donors (Lipinski definition) is 2. The fourth-order valence-electron chi connectivity index (χ4n) is 4.11. The van der Waals surface area contributed by atoms with Gasteiger partial charge in [-0.15, -0.1) is 0 Å². The van der Waals surface area contributed by atoms with Crippen LogP contribution >= 0.6 is 0 Å². The molecular weight excluding hydrogens is 279 g/mol. The molecule has 3 rings (SSSR count). The lowest BCUT2D eigenvalue weighted by atomic mass is 9.75. The number of nitrogens with one attached hydrogen (secondary N) is 2. The quantitative estimate of drug-likeness (QED) is 0.882. The van der Waals surface area contributed by atoms with E-state index in [1.54, 1.807) is 12.1 Å². The largest absolute Gasteiger partial charge is 0.325 e. The lowest BCUT2D eigenvalue weighted by Crippen LogP contribution is -3.18. The summed E-state index contributed by atoms with van der Waals surface area (Å²) in [4.78, 5) is 13.8. The van der Waals surface area contributed by atoms with E-state index in [0.717, 1.165) is 24.9 Å². The third kappa shape index (κ3) is 3.49. The first-order valence-corrected chi connectivity index (χ1v) is 8.54. The van der Waals surface area contributed by atoms with Gasteiger partial charge in [0.2, 0.25) is 0 Å². The molecule has 1 saturated carbocycles. The van der Waals surface area contributed by atoms with Crippen molar-refractivity contribution in [1.29, 1.82) is 0 Å². The Kier molecular flexibility index (Phi) is 4.77. The summed E-state index contributed by atoms with van der Waals surface area (Å²) in [6.07, 6.45) is 6.71. The first kappa shape index (κ1) is 15.5. The fourth-order valence-corrected chi connectivity index (χ4v) is 4.11. The minimum absolute atomic E-state index is 0.0378. The number of benzene rings is 1. The Morgan fingerprint density at radius 2 is 1.86 bits per heavy atom. The van der Waals surface area contributed by atoms with Crippen LogP contribution in [0.3, 0.4) is 0 Å². The second-order valence-corrected chi connectivity index (χ2v) is 6.92. The molecule has 120 valence electrons. The van der Waals surface area contributed by atoms with E-state index in [0.29, 0.717) is 5.69 Å². The van der Waals surface area contributed by atoms with E-state index in [4.69, 9.17) is 0 Å². The zero-order valence-electron chi connectivity index (χ0n) is 13.3. The van der Waals surface area contributed by atoms with Gasteiger partial charge < -0.3 is 10.2 Å². The number of halogens is 1. The van der Waals surface area contributed by atoms with E-state index < -0.39 is 0 Å². The van der Waals surface area contributed by atoms with Crippen molar-refractivity contribution in [2.24, 2.45) is 11.8 Å². The van der Waals surface area contributed by atoms with E-state index in [1.807, 2.05) is 6.92 Å². The summed E-state index contributed by atoms with van der Waals surface area (Å²) in [7, 11) is 0. The van der Waals surface area contributed by atoms with E-state index in [1.165, 1.54) is 49.1 Å². The first-order valence-electron chi connectivity index (χ1n) is 8.54. The highest BCUT2D eigenvalue weighted by atomic mass is 19.1. The smallest absolute Gasteiger partial charge is 0.282 e. The predicted molar refractivity (Wildman–Crippen MR) is 85.3 cm³/mol. The van der Waals surface area contributed by atoms with Crippen molar-refractivity contribution in [3.8, 4) is 0 Å². The molecule has 2 fully saturated rings. The second kappa shape index (κ2) is 6.78. The van der Waals surface area contributed by atoms with Gasteiger partial charge in [-0.25, -0.2) is 4.39 Å². The molecule has 0 spiro atoms. The van der Waals surface area contributed by atoms with Gasteiger partial charge in [0.1, 0.15) is 5.82 Å². The van der Waals surface area contributed by atoms with Crippen molar-refractivity contribution in [2.45, 2.75) is 45.1 Å². The van der Waals surface area contributed by atoms with E-state index in [2.05, 4.69) is 5.32 Å². The maximum absolute atomic E-state index is 12.9. The SMILES string of the molecule is C[C@@H](C(=O)Nc1ccc(F)cc1)[NH+]1CC[C@@H]2CCCC[C@@H]2C1. The van der Waals surface area contributed by atoms with Crippen molar-refractivity contribution < 1.29 is 14.1 Å². The van der Waals surface area contributed by atoms with E-state index in [9.17, 15) is 9.18 Å². The van der Waals surface area contributed by atoms with Crippen LogP contribution in [-0.4, -0.2) is 25.0 Å². The van der Waals surface area contributed by atoms with Gasteiger partial charge in [-0.2, -0.15) is 0 Å². The molecule has 1 saturated heterocycles. The summed E-state index contributed by atoms with van der Waals surface area (Å²) in [6, 6.07) is 5.93. The molecule has 1 aliphatic heterocycles. The molecule has 0 radical (unpaired) electrons. The van der Waals surface area contributed by atoms with Crippen LogP contribution < -0.4 is 10.2 Å². The average Bonchev–Trinajstić information content (AvgIpc) is 2.55. The number of rotatable bonds is 3. The molecule has 1 heterocycles. The molecule has 2 aliphatic rings. The Balaban J connectivity index is 1.57. The van der Waals surface area contributed by atoms with Gasteiger partial charge in [0.05, 0.1) is 13.1 Å². The molecule has 1 aliphatic carbocycles. The molecule has 0 bridgehead atoms. The van der Waals surface area contributed by atoms with Crippen molar-refractivity contribution in [3.63, 3.8) is 0 Å². The maximum Gasteiger partial charge on any atom is 0.282 e. The van der Waals surface area contributed by atoms with Crippen LogP contribution in [0, 0.1) is 17.7 Å². The number of carbonyl (C=O) groups is 1. The molecule has 1 aromatic rings. The Hall–Kier alpha value is -1.42. The molecule has 22 heavy (non-hydrogen) atoms. The normalized spacial score (nSPS) is 29.5. The summed E-state index contributed by atoms with van der Waals surface area (Å²) in [5.74, 6) is 1.45. The van der Waals surface area contributed by atoms with Crippen LogP contribution in [-0.2, 0) is 4.79 Å². The zero-order valence-corrected chi connectivity index (χ0v) is 13.3. The first-order chi connectivity index (χ1) is 10.6. The summed E-state index contributed by atoms with van der Waals surface area (Å²) >= 11 is 0. The van der Waals surface area contributed by atoms with Gasteiger partial charge >= 0.3 is 0 Å². The Bertz CT molecular complexity index is 516. The van der Waals surface area contributed by atoms with Gasteiger partial charge in [-0.3, -0.25) is 4.79 Å². The van der Waals surface area contributed by atoms with Crippen LogP contribution in [0.5, 0.6) is 0 Å². The van der Waals surface area contributed by atoms with Crippen molar-refractivity contribution in [2.75, 3.05) is 18.4 Å². The minimum Gasteiger partial charge on any atom is -0.325 e. The molecule has 1 amide bonds. The fraction of sp³-hybridized carbons (Fsp3) is 0.611. The summed E-state index contributed by atoms with van der Waals surface area (Å²) in [5, 5.41) is 2.91. The molecule has 1 unspecified atom stereocenters. The zero-order chi connectivity index (χ0) is 15.5. The lowest BCUT2D eigenvalue weighted by Gasteiger charge is -2.40. The summed E-state index contributed by atoms with van der Waals surface area (Å²) in [5.41, 5.74) is 0.671. The highest BCUT2D eigenvalue weighted by Crippen LogP contribution is 2.32. The standard InChI is InChI=1S/C18H25FN2O/c1-13(18(22)20-17-8-6-16(19)7-9-17)21-11-10-14-4-2-3-5-15(14)12-21/h6-9,13-15H,2-5,10-12H2,1H3,(H,20,22)/p+1/t13-,14-,15+/m0/s1. The lowest BCUT2D eigenvalue weighted by molar-refractivity contribution is -0.924. The molecule has 3 nitrogen and oxygen atoms in total. The van der Waals surface area contributed by atoms with Gasteiger partial charge in [0.15, 0.2) is 6.04 Å². The minimum atomic E-state index is -0.281. The molecule has 4 heteroatoms. The predicted octanol–water partition coefficient (Wildman–Crippen LogP) is 2.25. The number of likely N-dealkylation sites (tertiary alicyclic amines) is 1. The summed E-state index contributed by atoms with van der Waals surface area (Å²) < 4.78 is 12.9. The number of fused-ring (bicyclic) bond motifs is 1. The molecule has 4 atom stereocenters. The second-order valence-electron chi connectivity index (χ2n) is 6.92. The van der Waals surface area contributed by atoms with Gasteiger partial charge in [0.25, 0.3) is 5.91 Å². The van der Waals surface area contributed by atoms with Gasteiger partial charge in [-0.1, -0.05) is 12.8 Å². The molecular formula is C18H26FN2O+. The molecule has 0 aromatic heterocycles. The Labute approximate surface area is 131 Å². The number of carbonyl (C=O) groups excluding carboxylic acids is 1. The maximum atomic E-state index is 12.9. The highest BCUT2D eigenvalue weighted by Gasteiger charge is 2.37. The van der Waals surface area contributed by atoms with Gasteiger partial charge in [0, 0.05) is 11.6 Å². The Morgan fingerprint density at radius 3 is 2.59 bits per heavy atom. The number of amides is 1. The molecule has 1 aromatic carbocycles. The van der Waals surface area contributed by atoms with E-state index >= 15 is 0 Å². The monoisotopic (exact) mass is 305 g/mol.